The van der Waals surface area contributed by atoms with Crippen molar-refractivity contribution in [2.75, 3.05) is 13.7 Å². The number of nitrogens with one attached hydrogen (secondary N) is 1. The van der Waals surface area contributed by atoms with Gasteiger partial charge in [-0.05, 0) is 115 Å². The van der Waals surface area contributed by atoms with Crippen LogP contribution in [0.15, 0.2) is 97.2 Å². The molecule has 0 spiro atoms. The molecule has 2 aliphatic heterocycles. The molecule has 1 N–H and O–H groups in total. The van der Waals surface area contributed by atoms with E-state index in [2.05, 4.69) is 10.3 Å². The molecule has 0 bridgehead atoms. The van der Waals surface area contributed by atoms with Gasteiger partial charge in [0, 0.05) is 29.8 Å². The van der Waals surface area contributed by atoms with Crippen molar-refractivity contribution < 1.29 is 33.3 Å². The molecular formula is C46H46ClN3O7. The minimum Gasteiger partial charge on any atom is -0.485 e. The van der Waals surface area contributed by atoms with Crippen molar-refractivity contribution >= 4 is 29.6 Å². The van der Waals surface area contributed by atoms with Crippen LogP contribution in [0.5, 0.6) is 11.5 Å². The molecule has 0 saturated heterocycles. The number of rotatable bonds is 8. The number of hydrogen-bond acceptors (Lipinski definition) is 8. The number of hydrogen-bond donors (Lipinski definition) is 1. The molecule has 2 aliphatic rings. The number of methoxy groups -OCH3 is 1. The van der Waals surface area contributed by atoms with E-state index in [-0.39, 0.29) is 25.5 Å². The molecule has 57 heavy (non-hydrogen) atoms. The van der Waals surface area contributed by atoms with Crippen molar-refractivity contribution in [2.45, 2.75) is 77.8 Å². The van der Waals surface area contributed by atoms with Gasteiger partial charge in [0.2, 0.25) is 5.91 Å². The maximum atomic E-state index is 14.2. The third kappa shape index (κ3) is 8.92. The number of fused-ring (bicyclic) bond motifs is 2. The Hall–Kier alpha value is -5.87. The maximum Gasteiger partial charge on any atom is 0.411 e. The quantitative estimate of drug-likeness (QED) is 0.155. The smallest absolute Gasteiger partial charge is 0.411 e. The second-order valence-corrected chi connectivity index (χ2v) is 15.9. The van der Waals surface area contributed by atoms with Crippen molar-refractivity contribution in [3.8, 4) is 33.8 Å². The van der Waals surface area contributed by atoms with Crippen LogP contribution >= 0.6 is 11.6 Å². The number of carbonyl (C=O) groups excluding carboxylic acids is 3. The number of pyridine rings is 1. The molecule has 11 heteroatoms. The number of nitrogens with zero attached hydrogens (tertiary/aromatic N) is 2. The zero-order chi connectivity index (χ0) is 40.4. The molecule has 3 heterocycles. The number of aryl methyl sites for hydroxylation is 1. The molecule has 0 fully saturated rings. The fourth-order valence-electron chi connectivity index (χ4n) is 7.23. The van der Waals surface area contributed by atoms with Crippen LogP contribution in [0.3, 0.4) is 0 Å². The second kappa shape index (κ2) is 16.3. The largest absolute Gasteiger partial charge is 0.485 e. The number of esters is 1. The van der Waals surface area contributed by atoms with E-state index in [0.29, 0.717) is 23.1 Å². The van der Waals surface area contributed by atoms with Crippen molar-refractivity contribution in [2.24, 2.45) is 0 Å². The molecule has 4 aromatic carbocycles. The summed E-state index contributed by atoms with van der Waals surface area (Å²) in [6.45, 7) is 9.70. The highest BCUT2D eigenvalue weighted by atomic mass is 35.5. The van der Waals surface area contributed by atoms with Crippen molar-refractivity contribution in [1.29, 1.82) is 0 Å². The minimum atomic E-state index is -1.00. The lowest BCUT2D eigenvalue weighted by atomic mass is 9.92. The standard InChI is InChI=1S/C46H46ClN3O7/c1-27-28(2)48-19-18-37(27)31-12-10-29(11-13-31)20-38(44(52)54-6)49-43(51)39-22-34-23-40-41(24-35(34)25-50(39)45(53)57-46(3,4)5)56-42(26-55-40)32-16-14-30(15-17-32)33-8-7-9-36(47)21-33/h7-19,21,23-24,38-39,42H,20,22,25-26H2,1-6H3,(H,49,51)/t38-,39-,42+/m0/s1. The molecule has 2 amide bonds. The molecule has 7 rings (SSSR count). The van der Waals surface area contributed by atoms with Gasteiger partial charge in [-0.15, -0.1) is 0 Å². The minimum absolute atomic E-state index is 0.0796. The van der Waals surface area contributed by atoms with E-state index in [1.165, 1.54) is 12.0 Å². The molecule has 5 aromatic rings. The van der Waals surface area contributed by atoms with Gasteiger partial charge in [0.25, 0.3) is 0 Å². The summed E-state index contributed by atoms with van der Waals surface area (Å²) in [5.41, 5.74) is 8.79. The van der Waals surface area contributed by atoms with Crippen LogP contribution in [0, 0.1) is 13.8 Å². The normalized spacial score (nSPS) is 16.6. The average Bonchev–Trinajstić information content (AvgIpc) is 3.19. The van der Waals surface area contributed by atoms with E-state index in [1.54, 1.807) is 27.0 Å². The summed E-state index contributed by atoms with van der Waals surface area (Å²) in [4.78, 5) is 46.8. The van der Waals surface area contributed by atoms with Gasteiger partial charge in [-0.1, -0.05) is 72.3 Å². The number of benzene rings is 4. The molecule has 0 saturated carbocycles. The highest BCUT2D eigenvalue weighted by Gasteiger charge is 2.40. The van der Waals surface area contributed by atoms with E-state index in [0.717, 1.165) is 55.8 Å². The second-order valence-electron chi connectivity index (χ2n) is 15.5. The molecule has 3 atom stereocenters. The van der Waals surface area contributed by atoms with E-state index in [4.69, 9.17) is 30.5 Å². The summed E-state index contributed by atoms with van der Waals surface area (Å²) >= 11 is 6.21. The summed E-state index contributed by atoms with van der Waals surface area (Å²) in [7, 11) is 1.29. The zero-order valence-electron chi connectivity index (χ0n) is 32.9. The van der Waals surface area contributed by atoms with Gasteiger partial charge in [-0.2, -0.15) is 0 Å². The van der Waals surface area contributed by atoms with E-state index < -0.39 is 35.7 Å². The number of ether oxygens (including phenoxy) is 4. The Morgan fingerprint density at radius 2 is 1.63 bits per heavy atom. The number of aromatic nitrogens is 1. The van der Waals surface area contributed by atoms with Crippen LogP contribution < -0.4 is 14.8 Å². The van der Waals surface area contributed by atoms with Crippen LogP contribution in [0.2, 0.25) is 5.02 Å². The molecule has 0 radical (unpaired) electrons. The Morgan fingerprint density at radius 1 is 0.912 bits per heavy atom. The molecule has 10 nitrogen and oxygen atoms in total. The van der Waals surface area contributed by atoms with Crippen LogP contribution in [0.4, 0.5) is 4.79 Å². The predicted molar refractivity (Wildman–Crippen MR) is 218 cm³/mol. The van der Waals surface area contributed by atoms with Gasteiger partial charge in [-0.3, -0.25) is 14.7 Å². The molecular weight excluding hydrogens is 742 g/mol. The van der Waals surface area contributed by atoms with Crippen molar-refractivity contribution in [3.63, 3.8) is 0 Å². The third-order valence-electron chi connectivity index (χ3n) is 10.4. The molecule has 0 aliphatic carbocycles. The van der Waals surface area contributed by atoms with Crippen LogP contribution in [-0.4, -0.2) is 59.3 Å². The fraction of sp³-hybridized carbons (Fsp3) is 0.304. The first-order valence-electron chi connectivity index (χ1n) is 19.0. The van der Waals surface area contributed by atoms with Gasteiger partial charge in [0.1, 0.15) is 24.3 Å². The summed E-state index contributed by atoms with van der Waals surface area (Å²) in [6, 6.07) is 27.4. The number of amides is 2. The third-order valence-corrected chi connectivity index (χ3v) is 10.6. The van der Waals surface area contributed by atoms with Gasteiger partial charge < -0.3 is 24.3 Å². The summed E-state index contributed by atoms with van der Waals surface area (Å²) in [5, 5.41) is 3.57. The monoisotopic (exact) mass is 787 g/mol. The summed E-state index contributed by atoms with van der Waals surface area (Å²) in [5.74, 6) is -0.000641. The Labute approximate surface area is 338 Å². The SMILES string of the molecule is COC(=O)[C@H](Cc1ccc(-c2ccnc(C)c2C)cc1)NC(=O)[C@@H]1Cc2cc3c(cc2CN1C(=O)OC(C)(C)C)O[C@@H](c1ccc(-c2cccc(Cl)c2)cc1)CO3. The molecule has 0 unspecified atom stereocenters. The highest BCUT2D eigenvalue weighted by Crippen LogP contribution is 2.41. The zero-order valence-corrected chi connectivity index (χ0v) is 33.7. The van der Waals surface area contributed by atoms with Gasteiger partial charge in [-0.25, -0.2) is 9.59 Å². The Kier molecular flexibility index (Phi) is 11.3. The van der Waals surface area contributed by atoms with E-state index >= 15 is 0 Å². The topological polar surface area (TPSA) is 116 Å². The predicted octanol–water partition coefficient (Wildman–Crippen LogP) is 8.76. The number of halogens is 1. The average molecular weight is 788 g/mol. The van der Waals surface area contributed by atoms with E-state index in [9.17, 15) is 14.4 Å². The number of carbonyl (C=O) groups is 3. The van der Waals surface area contributed by atoms with E-state index in [1.807, 2.05) is 105 Å². The lowest BCUT2D eigenvalue weighted by Crippen LogP contribution is -2.56. The van der Waals surface area contributed by atoms with Crippen LogP contribution in [0.1, 0.15) is 60.4 Å². The summed E-state index contributed by atoms with van der Waals surface area (Å²) < 4.78 is 23.6. The fourth-order valence-corrected chi connectivity index (χ4v) is 7.42. The highest BCUT2D eigenvalue weighted by molar-refractivity contribution is 6.30. The Morgan fingerprint density at radius 3 is 2.33 bits per heavy atom. The summed E-state index contributed by atoms with van der Waals surface area (Å²) in [6.07, 6.45) is 1.13. The first-order chi connectivity index (χ1) is 27.3. The van der Waals surface area contributed by atoms with Gasteiger partial charge in [0.15, 0.2) is 17.6 Å². The molecule has 1 aromatic heterocycles. The maximum absolute atomic E-state index is 14.2. The lowest BCUT2D eigenvalue weighted by Gasteiger charge is -2.38. The van der Waals surface area contributed by atoms with Crippen LogP contribution in [0.25, 0.3) is 22.3 Å². The van der Waals surface area contributed by atoms with Crippen molar-refractivity contribution in [1.82, 2.24) is 15.2 Å². The van der Waals surface area contributed by atoms with Gasteiger partial charge >= 0.3 is 12.1 Å². The lowest BCUT2D eigenvalue weighted by molar-refractivity contribution is -0.145. The Balaban J connectivity index is 1.10. The van der Waals surface area contributed by atoms with Crippen LogP contribution in [-0.2, 0) is 38.4 Å². The first kappa shape index (κ1) is 39.4. The molecule has 294 valence electrons. The Bertz CT molecular complexity index is 2300. The van der Waals surface area contributed by atoms with Gasteiger partial charge in [0.05, 0.1) is 13.7 Å². The van der Waals surface area contributed by atoms with Crippen molar-refractivity contribution in [3.05, 3.63) is 136 Å². The first-order valence-corrected chi connectivity index (χ1v) is 19.3.